The van der Waals surface area contributed by atoms with E-state index in [0.29, 0.717) is 17.8 Å². The molecule has 0 spiro atoms. The van der Waals surface area contributed by atoms with Gasteiger partial charge in [0.2, 0.25) is 0 Å². The maximum absolute atomic E-state index is 12.1. The number of pyridine rings is 1. The number of nitrogens with zero attached hydrogens (tertiary/aromatic N) is 2. The smallest absolute Gasteiger partial charge is 0.404 e. The number of hydrogen-bond acceptors (Lipinski definition) is 4. The Balaban J connectivity index is 1.65. The normalized spacial score (nSPS) is 26.4. The van der Waals surface area contributed by atoms with E-state index in [4.69, 9.17) is 0 Å². The summed E-state index contributed by atoms with van der Waals surface area (Å²) in [6.07, 6.45) is -1.34. The summed E-state index contributed by atoms with van der Waals surface area (Å²) in [6, 6.07) is 3.48. The summed E-state index contributed by atoms with van der Waals surface area (Å²) in [5, 5.41) is 3.47. The van der Waals surface area contributed by atoms with E-state index in [1.807, 2.05) is 0 Å². The Bertz CT molecular complexity index is 463. The molecule has 2 atom stereocenters. The fraction of sp³-hybridized carbons (Fsp3) is 0.615. The zero-order valence-electron chi connectivity index (χ0n) is 10.9. The zero-order valence-corrected chi connectivity index (χ0v) is 10.9. The van der Waals surface area contributed by atoms with Crippen molar-refractivity contribution in [1.29, 1.82) is 0 Å². The van der Waals surface area contributed by atoms with Crippen LogP contribution in [0, 0.1) is 5.92 Å². The van der Waals surface area contributed by atoms with Crippen LogP contribution in [0.5, 0.6) is 5.75 Å². The molecular formula is C13H16F3N3O. The van der Waals surface area contributed by atoms with E-state index in [2.05, 4.69) is 19.9 Å². The van der Waals surface area contributed by atoms with Crippen molar-refractivity contribution in [2.75, 3.05) is 24.5 Å². The summed E-state index contributed by atoms with van der Waals surface area (Å²) in [4.78, 5) is 6.21. The number of piperidine rings is 1. The van der Waals surface area contributed by atoms with E-state index in [9.17, 15) is 13.2 Å². The van der Waals surface area contributed by atoms with Crippen LogP contribution in [0.15, 0.2) is 18.3 Å². The van der Waals surface area contributed by atoms with Crippen molar-refractivity contribution in [1.82, 2.24) is 10.3 Å². The lowest BCUT2D eigenvalue weighted by Gasteiger charge is -2.35. The molecule has 0 aliphatic carbocycles. The molecule has 2 fully saturated rings. The van der Waals surface area contributed by atoms with Crippen LogP contribution in [0.1, 0.15) is 12.8 Å². The highest BCUT2D eigenvalue weighted by Crippen LogP contribution is 2.28. The van der Waals surface area contributed by atoms with Crippen LogP contribution in [0.3, 0.4) is 0 Å². The van der Waals surface area contributed by atoms with Crippen molar-refractivity contribution in [3.63, 3.8) is 0 Å². The molecule has 0 radical (unpaired) electrons. The Morgan fingerprint density at radius 1 is 1.30 bits per heavy atom. The lowest BCUT2D eigenvalue weighted by Crippen LogP contribution is -2.44. The van der Waals surface area contributed by atoms with Gasteiger partial charge in [0, 0.05) is 19.1 Å². The molecule has 3 rings (SSSR count). The van der Waals surface area contributed by atoms with E-state index < -0.39 is 6.36 Å². The van der Waals surface area contributed by atoms with Gasteiger partial charge in [-0.05, 0) is 37.4 Å². The van der Waals surface area contributed by atoms with Gasteiger partial charge < -0.3 is 15.0 Å². The Kier molecular flexibility index (Phi) is 3.45. The van der Waals surface area contributed by atoms with E-state index in [1.54, 1.807) is 6.07 Å². The van der Waals surface area contributed by atoms with Gasteiger partial charge in [-0.15, -0.1) is 13.2 Å². The fourth-order valence-electron chi connectivity index (χ4n) is 3.01. The van der Waals surface area contributed by atoms with Crippen molar-refractivity contribution in [3.05, 3.63) is 18.3 Å². The molecule has 110 valence electrons. The molecule has 1 aromatic heterocycles. The van der Waals surface area contributed by atoms with Crippen molar-refractivity contribution in [2.45, 2.75) is 25.2 Å². The van der Waals surface area contributed by atoms with Crippen LogP contribution in [0.25, 0.3) is 0 Å². The van der Waals surface area contributed by atoms with E-state index in [0.717, 1.165) is 38.7 Å². The average Bonchev–Trinajstić information content (AvgIpc) is 2.85. The van der Waals surface area contributed by atoms with Crippen LogP contribution < -0.4 is 15.0 Å². The average molecular weight is 287 g/mol. The second kappa shape index (κ2) is 5.12. The lowest BCUT2D eigenvalue weighted by atomic mass is 9.93. The van der Waals surface area contributed by atoms with Crippen molar-refractivity contribution in [2.24, 2.45) is 5.92 Å². The van der Waals surface area contributed by atoms with Gasteiger partial charge in [0.15, 0.2) is 0 Å². The van der Waals surface area contributed by atoms with Crippen molar-refractivity contribution in [3.8, 4) is 5.75 Å². The Labute approximate surface area is 114 Å². The van der Waals surface area contributed by atoms with Crippen molar-refractivity contribution >= 4 is 5.82 Å². The molecule has 1 N–H and O–H groups in total. The van der Waals surface area contributed by atoms with Crippen molar-refractivity contribution < 1.29 is 17.9 Å². The number of alkyl halides is 3. The van der Waals surface area contributed by atoms with E-state index in [-0.39, 0.29) is 5.75 Å². The number of ether oxygens (including phenoxy) is 1. The summed E-state index contributed by atoms with van der Waals surface area (Å²) < 4.78 is 40.1. The van der Waals surface area contributed by atoms with Gasteiger partial charge >= 0.3 is 6.36 Å². The Morgan fingerprint density at radius 3 is 2.85 bits per heavy atom. The lowest BCUT2D eigenvalue weighted by molar-refractivity contribution is -0.274. The summed E-state index contributed by atoms with van der Waals surface area (Å²) >= 11 is 0. The predicted octanol–water partition coefficient (Wildman–Crippen LogP) is 2.17. The Hall–Kier alpha value is -1.50. The number of fused-ring (bicyclic) bond motifs is 1. The van der Waals surface area contributed by atoms with Gasteiger partial charge in [0.25, 0.3) is 0 Å². The first-order valence-electron chi connectivity index (χ1n) is 6.71. The van der Waals surface area contributed by atoms with Gasteiger partial charge in [0.1, 0.15) is 11.6 Å². The summed E-state index contributed by atoms with van der Waals surface area (Å²) in [7, 11) is 0. The molecule has 0 aromatic carbocycles. The molecule has 4 nitrogen and oxygen atoms in total. The number of anilines is 1. The number of aromatic nitrogens is 1. The summed E-state index contributed by atoms with van der Waals surface area (Å²) in [6.45, 7) is 2.83. The Morgan fingerprint density at radius 2 is 2.15 bits per heavy atom. The molecule has 0 saturated carbocycles. The number of rotatable bonds is 2. The highest BCUT2D eigenvalue weighted by atomic mass is 19.4. The SMILES string of the molecule is FC(F)(F)Oc1ccc(N2CC[C@H]3NCC[C@H]3C2)nc1. The predicted molar refractivity (Wildman–Crippen MR) is 67.6 cm³/mol. The maximum Gasteiger partial charge on any atom is 0.573 e. The van der Waals surface area contributed by atoms with Crippen LogP contribution in [0.4, 0.5) is 19.0 Å². The molecule has 2 aliphatic rings. The third-order valence-corrected chi connectivity index (χ3v) is 3.93. The third-order valence-electron chi connectivity index (χ3n) is 3.93. The summed E-state index contributed by atoms with van der Waals surface area (Å²) in [5.74, 6) is 1.04. The molecule has 0 amide bonds. The van der Waals surface area contributed by atoms with Crippen LogP contribution in [0.2, 0.25) is 0 Å². The minimum atomic E-state index is -4.67. The largest absolute Gasteiger partial charge is 0.573 e. The third kappa shape index (κ3) is 2.98. The first-order chi connectivity index (χ1) is 9.51. The second-order valence-electron chi connectivity index (χ2n) is 5.24. The van der Waals surface area contributed by atoms with E-state index in [1.165, 1.54) is 6.07 Å². The van der Waals surface area contributed by atoms with Gasteiger partial charge in [-0.25, -0.2) is 4.98 Å². The minimum Gasteiger partial charge on any atom is -0.404 e. The molecule has 2 saturated heterocycles. The van der Waals surface area contributed by atoms with Gasteiger partial charge in [0.05, 0.1) is 6.20 Å². The standard InChI is InChI=1S/C13H16F3N3O/c14-13(15,16)20-10-1-2-12(18-7-10)19-6-4-11-9(8-19)3-5-17-11/h1-2,7,9,11,17H,3-6,8H2/t9-,11+/m0/s1. The number of halogens is 3. The van der Waals surface area contributed by atoms with Gasteiger partial charge in [-0.3, -0.25) is 0 Å². The highest BCUT2D eigenvalue weighted by Gasteiger charge is 2.33. The monoisotopic (exact) mass is 287 g/mol. The van der Waals surface area contributed by atoms with E-state index >= 15 is 0 Å². The second-order valence-corrected chi connectivity index (χ2v) is 5.24. The first-order valence-corrected chi connectivity index (χ1v) is 6.71. The maximum atomic E-state index is 12.1. The summed E-state index contributed by atoms with van der Waals surface area (Å²) in [5.41, 5.74) is 0. The molecule has 7 heteroatoms. The first kappa shape index (κ1) is 13.5. The molecule has 1 aromatic rings. The van der Waals surface area contributed by atoms with Crippen LogP contribution >= 0.6 is 0 Å². The van der Waals surface area contributed by atoms with Crippen LogP contribution in [-0.2, 0) is 0 Å². The molecule has 20 heavy (non-hydrogen) atoms. The molecule has 2 aliphatic heterocycles. The molecule has 0 bridgehead atoms. The van der Waals surface area contributed by atoms with Gasteiger partial charge in [-0.1, -0.05) is 0 Å². The topological polar surface area (TPSA) is 37.4 Å². The number of hydrogen-bond donors (Lipinski definition) is 1. The molecule has 3 heterocycles. The fourth-order valence-corrected chi connectivity index (χ4v) is 3.01. The molecular weight excluding hydrogens is 271 g/mol. The van der Waals surface area contributed by atoms with Gasteiger partial charge in [-0.2, -0.15) is 0 Å². The zero-order chi connectivity index (χ0) is 14.2. The quantitative estimate of drug-likeness (QED) is 0.904. The number of nitrogens with one attached hydrogen (secondary N) is 1. The highest BCUT2D eigenvalue weighted by molar-refractivity contribution is 5.41. The minimum absolute atomic E-state index is 0.279. The molecule has 0 unspecified atom stereocenters. The van der Waals surface area contributed by atoms with Crippen LogP contribution in [-0.4, -0.2) is 37.0 Å².